The third-order valence-electron chi connectivity index (χ3n) is 3.47. The SMILES string of the molecule is NC(=O)CN1CCC(NS(=O)(=O)c2ccc(Cl)cc2F)CC1. The van der Waals surface area contributed by atoms with Gasteiger partial charge < -0.3 is 5.73 Å². The molecule has 0 saturated carbocycles. The van der Waals surface area contributed by atoms with Gasteiger partial charge in [-0.2, -0.15) is 0 Å². The first-order valence-corrected chi connectivity index (χ1v) is 8.62. The molecule has 1 aromatic carbocycles. The van der Waals surface area contributed by atoms with Crippen LogP contribution in [-0.2, 0) is 14.8 Å². The van der Waals surface area contributed by atoms with Crippen molar-refractivity contribution < 1.29 is 17.6 Å². The molecule has 122 valence electrons. The van der Waals surface area contributed by atoms with E-state index in [1.807, 2.05) is 4.90 Å². The van der Waals surface area contributed by atoms with Gasteiger partial charge >= 0.3 is 0 Å². The second kappa shape index (κ2) is 6.91. The number of hydrogen-bond acceptors (Lipinski definition) is 4. The molecule has 3 N–H and O–H groups in total. The van der Waals surface area contributed by atoms with Crippen LogP contribution in [0.5, 0.6) is 0 Å². The van der Waals surface area contributed by atoms with Crippen molar-refractivity contribution in [3.05, 3.63) is 29.0 Å². The molecule has 22 heavy (non-hydrogen) atoms. The van der Waals surface area contributed by atoms with E-state index in [4.69, 9.17) is 17.3 Å². The van der Waals surface area contributed by atoms with Crippen molar-refractivity contribution in [2.45, 2.75) is 23.8 Å². The molecule has 0 aromatic heterocycles. The van der Waals surface area contributed by atoms with Crippen molar-refractivity contribution in [2.75, 3.05) is 19.6 Å². The van der Waals surface area contributed by atoms with Gasteiger partial charge in [-0.25, -0.2) is 17.5 Å². The molecule has 1 aromatic rings. The average Bonchev–Trinajstić information content (AvgIpc) is 2.39. The zero-order valence-corrected chi connectivity index (χ0v) is 13.3. The van der Waals surface area contributed by atoms with Crippen molar-refractivity contribution >= 4 is 27.5 Å². The number of halogens is 2. The van der Waals surface area contributed by atoms with E-state index in [1.54, 1.807) is 0 Å². The van der Waals surface area contributed by atoms with Gasteiger partial charge in [0.2, 0.25) is 15.9 Å². The zero-order valence-electron chi connectivity index (χ0n) is 11.8. The standard InChI is InChI=1S/C13H17ClFN3O3S/c14-9-1-2-12(11(15)7-9)22(20,21)17-10-3-5-18(6-4-10)8-13(16)19/h1-2,7,10,17H,3-6,8H2,(H2,16,19). The Morgan fingerprint density at radius 2 is 2.05 bits per heavy atom. The van der Waals surface area contributed by atoms with E-state index in [-0.39, 0.29) is 17.6 Å². The molecular formula is C13H17ClFN3O3S. The van der Waals surface area contributed by atoms with E-state index in [1.165, 1.54) is 6.07 Å². The number of nitrogens with two attached hydrogens (primary N) is 1. The molecule has 1 saturated heterocycles. The number of sulfonamides is 1. The van der Waals surface area contributed by atoms with Crippen molar-refractivity contribution in [1.29, 1.82) is 0 Å². The van der Waals surface area contributed by atoms with Gasteiger partial charge in [-0.1, -0.05) is 11.6 Å². The molecule has 6 nitrogen and oxygen atoms in total. The van der Waals surface area contributed by atoms with Crippen molar-refractivity contribution in [2.24, 2.45) is 5.73 Å². The van der Waals surface area contributed by atoms with E-state index in [2.05, 4.69) is 4.72 Å². The molecule has 1 aliphatic heterocycles. The van der Waals surface area contributed by atoms with Crippen LogP contribution in [-0.4, -0.2) is 44.9 Å². The van der Waals surface area contributed by atoms with Crippen LogP contribution < -0.4 is 10.5 Å². The topological polar surface area (TPSA) is 92.5 Å². The normalized spacial score (nSPS) is 17.5. The smallest absolute Gasteiger partial charge is 0.243 e. The maximum atomic E-state index is 13.7. The van der Waals surface area contributed by atoms with E-state index in [0.29, 0.717) is 25.9 Å². The molecule has 0 bridgehead atoms. The maximum absolute atomic E-state index is 13.7. The molecule has 1 fully saturated rings. The number of carbonyl (C=O) groups is 1. The molecule has 1 aliphatic rings. The van der Waals surface area contributed by atoms with Crippen LogP contribution in [0.15, 0.2) is 23.1 Å². The van der Waals surface area contributed by atoms with E-state index in [9.17, 15) is 17.6 Å². The lowest BCUT2D eigenvalue weighted by Gasteiger charge is -2.31. The summed E-state index contributed by atoms with van der Waals surface area (Å²) in [6.07, 6.45) is 1.06. The second-order valence-electron chi connectivity index (χ2n) is 5.21. The summed E-state index contributed by atoms with van der Waals surface area (Å²) in [6, 6.07) is 3.13. The number of likely N-dealkylation sites (tertiary alicyclic amines) is 1. The molecule has 9 heteroatoms. The summed E-state index contributed by atoms with van der Waals surface area (Å²) >= 11 is 5.62. The summed E-state index contributed by atoms with van der Waals surface area (Å²) < 4.78 is 40.7. The largest absolute Gasteiger partial charge is 0.369 e. The van der Waals surface area contributed by atoms with Crippen LogP contribution in [0.3, 0.4) is 0 Å². The van der Waals surface area contributed by atoms with Crippen LogP contribution in [0.2, 0.25) is 5.02 Å². The summed E-state index contributed by atoms with van der Waals surface area (Å²) in [5.41, 5.74) is 5.12. The number of rotatable bonds is 5. The molecule has 1 heterocycles. The lowest BCUT2D eigenvalue weighted by molar-refractivity contribution is -0.119. The van der Waals surface area contributed by atoms with Crippen LogP contribution in [0.4, 0.5) is 4.39 Å². The predicted octanol–water partition coefficient (Wildman–Crippen LogP) is 0.707. The summed E-state index contributed by atoms with van der Waals surface area (Å²) in [5, 5.41) is 0.135. The number of carbonyl (C=O) groups excluding carboxylic acids is 1. The first-order valence-electron chi connectivity index (χ1n) is 6.76. The fourth-order valence-electron chi connectivity index (χ4n) is 2.41. The van der Waals surface area contributed by atoms with Crippen LogP contribution >= 0.6 is 11.6 Å². The Morgan fingerprint density at radius 1 is 1.41 bits per heavy atom. The van der Waals surface area contributed by atoms with Gasteiger partial charge in [0.15, 0.2) is 0 Å². The second-order valence-corrected chi connectivity index (χ2v) is 7.33. The minimum atomic E-state index is -3.94. The van der Waals surface area contributed by atoms with Crippen molar-refractivity contribution in [3.63, 3.8) is 0 Å². The van der Waals surface area contributed by atoms with Gasteiger partial charge in [0, 0.05) is 24.2 Å². The lowest BCUT2D eigenvalue weighted by Crippen LogP contribution is -2.46. The van der Waals surface area contributed by atoms with E-state index >= 15 is 0 Å². The van der Waals surface area contributed by atoms with Gasteiger partial charge in [0.25, 0.3) is 0 Å². The average molecular weight is 350 g/mol. The molecule has 1 amide bonds. The summed E-state index contributed by atoms with van der Waals surface area (Å²) in [4.78, 5) is 12.3. The molecule has 0 aliphatic carbocycles. The Morgan fingerprint density at radius 3 is 2.59 bits per heavy atom. The lowest BCUT2D eigenvalue weighted by atomic mass is 10.1. The quantitative estimate of drug-likeness (QED) is 0.818. The summed E-state index contributed by atoms with van der Waals surface area (Å²) in [5.74, 6) is -1.30. The van der Waals surface area contributed by atoms with Crippen molar-refractivity contribution in [3.8, 4) is 0 Å². The Labute approximate surface area is 133 Å². The first-order chi connectivity index (χ1) is 10.3. The number of amides is 1. The van der Waals surface area contributed by atoms with Gasteiger partial charge in [-0.3, -0.25) is 9.69 Å². The molecule has 2 rings (SSSR count). The van der Waals surface area contributed by atoms with Crippen LogP contribution in [0.1, 0.15) is 12.8 Å². The third-order valence-corrected chi connectivity index (χ3v) is 5.26. The number of benzene rings is 1. The Kier molecular flexibility index (Phi) is 5.38. The number of hydrogen-bond donors (Lipinski definition) is 2. The number of nitrogens with one attached hydrogen (secondary N) is 1. The number of piperidine rings is 1. The van der Waals surface area contributed by atoms with Gasteiger partial charge in [0.1, 0.15) is 10.7 Å². The van der Waals surface area contributed by atoms with Crippen molar-refractivity contribution in [1.82, 2.24) is 9.62 Å². The van der Waals surface area contributed by atoms with Gasteiger partial charge in [-0.05, 0) is 31.0 Å². The fourth-order valence-corrected chi connectivity index (χ4v) is 3.93. The third kappa shape index (κ3) is 4.39. The van der Waals surface area contributed by atoms with Gasteiger partial charge in [-0.15, -0.1) is 0 Å². The van der Waals surface area contributed by atoms with E-state index in [0.717, 1.165) is 12.1 Å². The number of nitrogens with zero attached hydrogens (tertiary/aromatic N) is 1. The highest BCUT2D eigenvalue weighted by Crippen LogP contribution is 2.20. The highest BCUT2D eigenvalue weighted by Gasteiger charge is 2.26. The Bertz CT molecular complexity index is 660. The molecule has 0 radical (unpaired) electrons. The van der Waals surface area contributed by atoms with E-state index < -0.39 is 26.6 Å². The summed E-state index contributed by atoms with van der Waals surface area (Å²) in [7, 11) is -3.94. The highest BCUT2D eigenvalue weighted by molar-refractivity contribution is 7.89. The van der Waals surface area contributed by atoms with Crippen LogP contribution in [0, 0.1) is 5.82 Å². The molecule has 0 spiro atoms. The minimum absolute atomic E-state index is 0.135. The fraction of sp³-hybridized carbons (Fsp3) is 0.462. The van der Waals surface area contributed by atoms with Crippen LogP contribution in [0.25, 0.3) is 0 Å². The monoisotopic (exact) mass is 349 g/mol. The minimum Gasteiger partial charge on any atom is -0.369 e. The molecule has 0 atom stereocenters. The highest BCUT2D eigenvalue weighted by atomic mass is 35.5. The number of primary amides is 1. The Hall–Kier alpha value is -1.22. The Balaban J connectivity index is 2.00. The molecule has 0 unspecified atom stereocenters. The van der Waals surface area contributed by atoms with Gasteiger partial charge in [0.05, 0.1) is 6.54 Å². The predicted molar refractivity (Wildman–Crippen MR) is 80.4 cm³/mol. The first kappa shape index (κ1) is 17.1. The molecular weight excluding hydrogens is 333 g/mol. The zero-order chi connectivity index (χ0) is 16.3. The summed E-state index contributed by atoms with van der Waals surface area (Å²) in [6.45, 7) is 1.27. The maximum Gasteiger partial charge on any atom is 0.243 e.